The van der Waals surface area contributed by atoms with Gasteiger partial charge in [0.1, 0.15) is 24.9 Å². The highest BCUT2D eigenvalue weighted by molar-refractivity contribution is 6.13. The van der Waals surface area contributed by atoms with Gasteiger partial charge in [0.15, 0.2) is 29.1 Å². The summed E-state index contributed by atoms with van der Waals surface area (Å²) in [6, 6.07) is 12.6. The van der Waals surface area contributed by atoms with Gasteiger partial charge in [-0.1, -0.05) is 56.3 Å². The van der Waals surface area contributed by atoms with Crippen molar-refractivity contribution in [3.63, 3.8) is 0 Å². The number of carbonyl (C=O) groups excluding carboxylic acids is 7. The van der Waals surface area contributed by atoms with Gasteiger partial charge >= 0.3 is 0 Å². The van der Waals surface area contributed by atoms with Crippen LogP contribution in [0, 0.1) is 22.7 Å². The number of alkyl halides is 2. The van der Waals surface area contributed by atoms with E-state index in [2.05, 4.69) is 16.0 Å². The highest BCUT2D eigenvalue weighted by Gasteiger charge is 2.80. The topological polar surface area (TPSA) is 218 Å². The van der Waals surface area contributed by atoms with Crippen molar-refractivity contribution in [2.45, 2.75) is 114 Å². The van der Waals surface area contributed by atoms with Crippen LogP contribution in [0.2, 0.25) is 0 Å². The molecule has 4 aliphatic carbocycles. The van der Waals surface area contributed by atoms with Crippen LogP contribution in [0.4, 0.5) is 14.5 Å². The van der Waals surface area contributed by atoms with Gasteiger partial charge in [0.05, 0.1) is 12.2 Å². The van der Waals surface area contributed by atoms with E-state index in [1.807, 2.05) is 43.3 Å². The number of ether oxygens (including phenoxy) is 2. The molecule has 8 rings (SSSR count). The Labute approximate surface area is 380 Å². The number of nitrogens with one attached hydrogen (secondary N) is 3. The molecule has 1 unspecified atom stereocenters. The van der Waals surface area contributed by atoms with Crippen LogP contribution in [-0.4, -0.2) is 111 Å². The van der Waals surface area contributed by atoms with Crippen molar-refractivity contribution >= 4 is 46.8 Å². The predicted octanol–water partition coefficient (Wildman–Crippen LogP) is 3.74. The van der Waals surface area contributed by atoms with Gasteiger partial charge in [-0.25, -0.2) is 8.78 Å². The number of aliphatic hydroxyl groups excluding tert-OH is 2. The van der Waals surface area contributed by atoms with E-state index in [1.54, 1.807) is 19.1 Å². The fourth-order valence-corrected chi connectivity index (χ4v) is 11.6. The Morgan fingerprint density at radius 2 is 1.48 bits per heavy atom. The van der Waals surface area contributed by atoms with Crippen LogP contribution in [0.25, 0.3) is 0 Å². The number of imide groups is 1. The van der Waals surface area contributed by atoms with E-state index in [1.165, 1.54) is 32.9 Å². The third kappa shape index (κ3) is 7.43. The number of anilines is 1. The third-order valence-electron chi connectivity index (χ3n) is 15.3. The number of hydrogen-bond acceptors (Lipinski definition) is 11. The first-order valence-corrected chi connectivity index (χ1v) is 22.3. The lowest BCUT2D eigenvalue weighted by molar-refractivity contribution is -0.235. The van der Waals surface area contributed by atoms with E-state index in [0.717, 1.165) is 34.3 Å². The Morgan fingerprint density at radius 1 is 0.864 bits per heavy atom. The van der Waals surface area contributed by atoms with Crippen LogP contribution >= 0.6 is 0 Å². The number of benzene rings is 2. The summed E-state index contributed by atoms with van der Waals surface area (Å²) in [5, 5.41) is 30.0. The highest BCUT2D eigenvalue weighted by Crippen LogP contribution is 2.72. The van der Waals surface area contributed by atoms with Gasteiger partial charge < -0.3 is 35.6 Å². The number of ketones is 2. The molecule has 4 fully saturated rings. The average molecular weight is 913 g/mol. The molecule has 0 spiro atoms. The molecular formula is C49H54F2N4O11. The van der Waals surface area contributed by atoms with Crippen molar-refractivity contribution in [2.24, 2.45) is 22.7 Å². The van der Waals surface area contributed by atoms with Gasteiger partial charge in [0, 0.05) is 59.0 Å². The maximum absolute atomic E-state index is 17.8. The number of hydrogen-bond donors (Lipinski definition) is 5. The standard InChI is InChI=1S/C49H54F2N4O11/c1-25(29-10-12-31(13-11-29)54-44(64)27(3)53-43(63)26(2)52-40(60)17-19-55-41(61)14-15-42(55)62)28-6-8-30(9-7-28)45-65-39-22-33-34-21-36(50)35-20-32(57)16-18-46(35,4)48(34,51)37(58)23-47(33,5)49(39,66-45)38(59)24-56/h6-16,18,20,25-27,33-34,36-37,39,45,56,58H,17,19,21-24H2,1-5H3,(H,52,60)(H,53,63)(H,54,64)/t25-,26+,27+,33?,34+,36+,37+,39-,45-,46+,47+,48+,49-/m1/s1. The second kappa shape index (κ2) is 17.2. The molecule has 2 aromatic carbocycles. The minimum Gasteiger partial charge on any atom is -0.390 e. The van der Waals surface area contributed by atoms with Crippen molar-refractivity contribution < 1.29 is 62.0 Å². The molecule has 2 aliphatic heterocycles. The Morgan fingerprint density at radius 3 is 2.12 bits per heavy atom. The van der Waals surface area contributed by atoms with Gasteiger partial charge in [-0.3, -0.25) is 38.5 Å². The average Bonchev–Trinajstić information content (AvgIpc) is 3.92. The largest absolute Gasteiger partial charge is 0.390 e. The number of fused-ring (bicyclic) bond motifs is 7. The Balaban J connectivity index is 0.882. The molecule has 0 aromatic heterocycles. The quantitative estimate of drug-likeness (QED) is 0.183. The SMILES string of the molecule is C[C@@H](c1ccc(NC(=O)[C@H](C)NC(=O)[C@H](C)NC(=O)CCN2C(=O)C=CC2=O)cc1)c1ccc([C@@H]2O[C@@H]3CC4[C@@H]5C[C@H](F)C6=CC(=O)C=C[C@]6(C)[C@@]5(F)[C@@H](O)C[C@]4(C)[C@]3(C(=O)CO)O2)cc1. The summed E-state index contributed by atoms with van der Waals surface area (Å²) in [5.74, 6) is -5.63. The van der Waals surface area contributed by atoms with Crippen LogP contribution in [0.15, 0.2) is 84.5 Å². The predicted molar refractivity (Wildman–Crippen MR) is 232 cm³/mol. The summed E-state index contributed by atoms with van der Waals surface area (Å²) < 4.78 is 46.8. The highest BCUT2D eigenvalue weighted by atomic mass is 19.1. The van der Waals surface area contributed by atoms with Gasteiger partial charge in [-0.15, -0.1) is 0 Å². The zero-order valence-electron chi connectivity index (χ0n) is 37.2. The summed E-state index contributed by atoms with van der Waals surface area (Å²) in [5.41, 5.74) is -4.05. The minimum absolute atomic E-state index is 0.000116. The summed E-state index contributed by atoms with van der Waals surface area (Å²) in [6.07, 6.45) is 0.0583. The fourth-order valence-electron chi connectivity index (χ4n) is 11.6. The molecular weight excluding hydrogens is 859 g/mol. The number of halogens is 2. The lowest BCUT2D eigenvalue weighted by atomic mass is 9.44. The molecule has 6 aliphatic rings. The van der Waals surface area contributed by atoms with Gasteiger partial charge in [0.25, 0.3) is 11.8 Å². The number of amides is 5. The van der Waals surface area contributed by atoms with Crippen LogP contribution in [0.5, 0.6) is 0 Å². The third-order valence-corrected chi connectivity index (χ3v) is 15.3. The zero-order valence-corrected chi connectivity index (χ0v) is 37.2. The number of Topliss-reactive ketones (excluding diaryl/α,β-unsaturated/α-hetero) is 1. The van der Waals surface area contributed by atoms with Gasteiger partial charge in [0.2, 0.25) is 17.7 Å². The summed E-state index contributed by atoms with van der Waals surface area (Å²) in [4.78, 5) is 88.6. The van der Waals surface area contributed by atoms with E-state index in [4.69, 9.17) is 9.47 Å². The van der Waals surface area contributed by atoms with E-state index in [-0.39, 0.29) is 43.7 Å². The monoisotopic (exact) mass is 912 g/mol. The lowest BCUT2D eigenvalue weighted by Crippen LogP contribution is -2.70. The molecule has 13 atom stereocenters. The summed E-state index contributed by atoms with van der Waals surface area (Å²) >= 11 is 0. The number of carbonyl (C=O) groups is 7. The molecule has 350 valence electrons. The molecule has 5 amide bonds. The fraction of sp³-hybridized carbons (Fsp3) is 0.490. The minimum atomic E-state index is -2.35. The molecule has 66 heavy (non-hydrogen) atoms. The van der Waals surface area contributed by atoms with E-state index in [0.29, 0.717) is 11.3 Å². The molecule has 2 heterocycles. The summed E-state index contributed by atoms with van der Waals surface area (Å²) in [6.45, 7) is 7.17. The number of aliphatic hydroxyl groups is 2. The molecule has 17 heteroatoms. The van der Waals surface area contributed by atoms with Crippen molar-refractivity contribution in [2.75, 3.05) is 18.5 Å². The van der Waals surface area contributed by atoms with E-state index < -0.39 is 118 Å². The van der Waals surface area contributed by atoms with Gasteiger partial charge in [-0.2, -0.15) is 0 Å². The Bertz CT molecular complexity index is 2440. The van der Waals surface area contributed by atoms with Gasteiger partial charge in [-0.05, 0) is 86.9 Å². The maximum Gasteiger partial charge on any atom is 0.253 e. The van der Waals surface area contributed by atoms with E-state index >= 15 is 8.78 Å². The van der Waals surface area contributed by atoms with Crippen LogP contribution in [-0.2, 0) is 43.0 Å². The van der Waals surface area contributed by atoms with Crippen molar-refractivity contribution in [3.05, 3.63) is 101 Å². The first kappa shape index (κ1) is 46.8. The molecule has 15 nitrogen and oxygen atoms in total. The molecule has 0 bridgehead atoms. The molecule has 0 radical (unpaired) electrons. The Hall–Kier alpha value is -5.75. The van der Waals surface area contributed by atoms with Crippen molar-refractivity contribution in [3.8, 4) is 0 Å². The summed E-state index contributed by atoms with van der Waals surface area (Å²) in [7, 11) is 0. The zero-order chi connectivity index (χ0) is 47.7. The van der Waals surface area contributed by atoms with Crippen molar-refractivity contribution in [1.82, 2.24) is 15.5 Å². The molecule has 2 aromatic rings. The number of rotatable bonds is 13. The smallest absolute Gasteiger partial charge is 0.253 e. The van der Waals surface area contributed by atoms with Crippen LogP contribution in [0.3, 0.4) is 0 Å². The van der Waals surface area contributed by atoms with Crippen LogP contribution < -0.4 is 16.0 Å². The first-order chi connectivity index (χ1) is 31.2. The second-order valence-corrected chi connectivity index (χ2v) is 18.9. The number of nitrogens with zero attached hydrogens (tertiary/aromatic N) is 1. The first-order valence-electron chi connectivity index (χ1n) is 22.3. The maximum atomic E-state index is 17.8. The normalized spacial score (nSPS) is 34.3. The van der Waals surface area contributed by atoms with Crippen molar-refractivity contribution in [1.29, 1.82) is 0 Å². The second-order valence-electron chi connectivity index (χ2n) is 18.9. The molecule has 3 saturated carbocycles. The molecule has 5 N–H and O–H groups in total. The molecule has 1 saturated heterocycles. The van der Waals surface area contributed by atoms with Crippen LogP contribution in [0.1, 0.15) is 89.2 Å². The lowest BCUT2D eigenvalue weighted by Gasteiger charge is -2.63. The van der Waals surface area contributed by atoms with E-state index in [9.17, 15) is 43.8 Å². The number of allylic oxidation sites excluding steroid dienone is 4. The Kier molecular flexibility index (Phi) is 12.2.